The van der Waals surface area contributed by atoms with E-state index in [4.69, 9.17) is 0 Å². The van der Waals surface area contributed by atoms with Gasteiger partial charge in [0, 0.05) is 17.8 Å². The van der Waals surface area contributed by atoms with Crippen molar-refractivity contribution < 1.29 is 4.90 Å². The molecule has 1 aliphatic rings. The molecule has 7 heteroatoms. The molecule has 0 atom stereocenters. The third kappa shape index (κ3) is 2.85. The number of nitrogens with one attached hydrogen (secondary N) is 1. The van der Waals surface area contributed by atoms with Crippen molar-refractivity contribution in [3.63, 3.8) is 0 Å². The number of fused-ring (bicyclic) bond motifs is 1. The van der Waals surface area contributed by atoms with Crippen molar-refractivity contribution in [2.75, 3.05) is 31.1 Å². The van der Waals surface area contributed by atoms with Crippen molar-refractivity contribution in [2.45, 2.75) is 6.67 Å². The summed E-state index contributed by atoms with van der Waals surface area (Å²) in [7, 11) is 0. The van der Waals surface area contributed by atoms with Crippen molar-refractivity contribution in [1.82, 2.24) is 19.7 Å². The maximum absolute atomic E-state index is 11.9. The number of aromatic nitrogens is 4. The number of quaternary nitrogens is 1. The summed E-state index contributed by atoms with van der Waals surface area (Å²) in [4.78, 5) is 24.2. The topological polar surface area (TPSA) is 68.3 Å². The van der Waals surface area contributed by atoms with Crippen LogP contribution < -0.4 is 15.2 Å². The summed E-state index contributed by atoms with van der Waals surface area (Å²) in [6, 6.07) is 9.48. The number of para-hydroxylation sites is 1. The summed E-state index contributed by atoms with van der Waals surface area (Å²) in [5.74, 6) is 0.795. The molecular formula is C17H19N6O+. The largest absolute Gasteiger partial charge is 0.330 e. The van der Waals surface area contributed by atoms with Gasteiger partial charge in [-0.15, -0.1) is 0 Å². The average molecular weight is 323 g/mol. The first-order chi connectivity index (χ1) is 11.8. The molecule has 24 heavy (non-hydrogen) atoms. The monoisotopic (exact) mass is 323 g/mol. The van der Waals surface area contributed by atoms with Crippen LogP contribution in [0.4, 0.5) is 5.95 Å². The second kappa shape index (κ2) is 6.37. The zero-order valence-corrected chi connectivity index (χ0v) is 13.3. The highest BCUT2D eigenvalue weighted by molar-refractivity contribution is 5.77. The Labute approximate surface area is 139 Å². The maximum Gasteiger partial charge on any atom is 0.225 e. The minimum Gasteiger partial charge on any atom is -0.330 e. The van der Waals surface area contributed by atoms with Gasteiger partial charge >= 0.3 is 0 Å². The third-order valence-corrected chi connectivity index (χ3v) is 4.44. The molecule has 4 rings (SSSR count). The van der Waals surface area contributed by atoms with Crippen LogP contribution in [0, 0.1) is 0 Å². The van der Waals surface area contributed by atoms with Gasteiger partial charge in [0.2, 0.25) is 11.4 Å². The minimum absolute atomic E-state index is 0.0251. The molecular weight excluding hydrogens is 304 g/mol. The van der Waals surface area contributed by atoms with E-state index in [2.05, 4.69) is 20.0 Å². The van der Waals surface area contributed by atoms with E-state index in [0.717, 1.165) is 49.7 Å². The summed E-state index contributed by atoms with van der Waals surface area (Å²) in [5.41, 5.74) is 0.870. The fraction of sp³-hybridized carbons (Fsp3) is 0.294. The molecule has 1 fully saturated rings. The Bertz CT molecular complexity index is 886. The van der Waals surface area contributed by atoms with Crippen LogP contribution in [0.15, 0.2) is 53.7 Å². The Morgan fingerprint density at radius 1 is 1.04 bits per heavy atom. The number of benzene rings is 1. The second-order valence-electron chi connectivity index (χ2n) is 5.97. The quantitative estimate of drug-likeness (QED) is 0.707. The van der Waals surface area contributed by atoms with Crippen molar-refractivity contribution in [1.29, 1.82) is 0 Å². The highest BCUT2D eigenvalue weighted by atomic mass is 16.1. The Morgan fingerprint density at radius 2 is 1.79 bits per heavy atom. The zero-order chi connectivity index (χ0) is 16.4. The van der Waals surface area contributed by atoms with Gasteiger partial charge < -0.3 is 9.80 Å². The van der Waals surface area contributed by atoms with Gasteiger partial charge in [-0.3, -0.25) is 4.79 Å². The van der Waals surface area contributed by atoms with Crippen LogP contribution in [-0.4, -0.2) is 45.9 Å². The van der Waals surface area contributed by atoms with Crippen molar-refractivity contribution in [3.05, 3.63) is 59.1 Å². The molecule has 1 N–H and O–H groups in total. The summed E-state index contributed by atoms with van der Waals surface area (Å²) in [6.45, 7) is 4.56. The van der Waals surface area contributed by atoms with Crippen LogP contribution in [-0.2, 0) is 6.67 Å². The molecule has 3 heterocycles. The van der Waals surface area contributed by atoms with E-state index in [1.807, 2.05) is 35.0 Å². The number of nitrogens with zero attached hydrogens (tertiary/aromatic N) is 5. The van der Waals surface area contributed by atoms with E-state index in [-0.39, 0.29) is 5.43 Å². The van der Waals surface area contributed by atoms with Crippen LogP contribution in [0.2, 0.25) is 0 Å². The zero-order valence-electron chi connectivity index (χ0n) is 13.3. The first-order valence-corrected chi connectivity index (χ1v) is 8.12. The molecule has 0 saturated carbocycles. The molecule has 0 bridgehead atoms. The van der Waals surface area contributed by atoms with Gasteiger partial charge in [0.05, 0.1) is 37.9 Å². The van der Waals surface area contributed by atoms with Gasteiger partial charge in [0.25, 0.3) is 0 Å². The lowest BCUT2D eigenvalue weighted by Crippen LogP contribution is -3.14. The molecule has 0 aliphatic carbocycles. The highest BCUT2D eigenvalue weighted by Gasteiger charge is 2.22. The Hall–Kier alpha value is -2.80. The smallest absolute Gasteiger partial charge is 0.225 e. The standard InChI is InChI=1S/C17H18N6O/c24-16-12-20-23(15-5-2-1-4-14(15)16)13-21-8-10-22(11-9-21)17-18-6-3-7-19-17/h1-7,12H,8-11,13H2/p+1. The normalized spacial score (nSPS) is 15.8. The molecule has 0 amide bonds. The summed E-state index contributed by atoms with van der Waals surface area (Å²) < 4.78 is 1.93. The highest BCUT2D eigenvalue weighted by Crippen LogP contribution is 2.07. The van der Waals surface area contributed by atoms with Gasteiger partial charge in [-0.1, -0.05) is 12.1 Å². The molecule has 1 saturated heterocycles. The predicted molar refractivity (Wildman–Crippen MR) is 90.9 cm³/mol. The molecule has 0 radical (unpaired) electrons. The van der Waals surface area contributed by atoms with E-state index in [1.165, 1.54) is 11.1 Å². The average Bonchev–Trinajstić information content (AvgIpc) is 2.66. The predicted octanol–water partition coefficient (Wildman–Crippen LogP) is -0.451. The lowest BCUT2D eigenvalue weighted by Gasteiger charge is -2.32. The van der Waals surface area contributed by atoms with Crippen molar-refractivity contribution in [2.24, 2.45) is 0 Å². The Balaban J connectivity index is 1.48. The number of hydrogen-bond acceptors (Lipinski definition) is 5. The Kier molecular flexibility index (Phi) is 3.92. The molecule has 7 nitrogen and oxygen atoms in total. The fourth-order valence-corrected chi connectivity index (χ4v) is 3.13. The SMILES string of the molecule is O=c1cnn(C[NH+]2CCN(c3ncccn3)CC2)c2ccccc12. The molecule has 1 aromatic carbocycles. The van der Waals surface area contributed by atoms with E-state index in [1.54, 1.807) is 12.4 Å². The molecule has 1 aliphatic heterocycles. The van der Waals surface area contributed by atoms with Gasteiger partial charge in [0.1, 0.15) is 0 Å². The third-order valence-electron chi connectivity index (χ3n) is 4.44. The number of hydrogen-bond donors (Lipinski definition) is 1. The molecule has 0 unspecified atom stereocenters. The summed E-state index contributed by atoms with van der Waals surface area (Å²) >= 11 is 0. The number of anilines is 1. The second-order valence-corrected chi connectivity index (χ2v) is 5.97. The number of piperazine rings is 1. The van der Waals surface area contributed by atoms with Gasteiger partial charge in [-0.25, -0.2) is 14.6 Å². The minimum atomic E-state index is -0.0251. The van der Waals surface area contributed by atoms with Crippen LogP contribution in [0.25, 0.3) is 10.9 Å². The molecule has 0 spiro atoms. The van der Waals surface area contributed by atoms with Crippen LogP contribution in [0.5, 0.6) is 0 Å². The van der Waals surface area contributed by atoms with Crippen molar-refractivity contribution in [3.8, 4) is 0 Å². The molecule has 3 aromatic rings. The van der Waals surface area contributed by atoms with E-state index >= 15 is 0 Å². The van der Waals surface area contributed by atoms with Gasteiger partial charge in [0.15, 0.2) is 6.67 Å². The fourth-order valence-electron chi connectivity index (χ4n) is 3.13. The van der Waals surface area contributed by atoms with Gasteiger partial charge in [-0.2, -0.15) is 5.10 Å². The van der Waals surface area contributed by atoms with E-state index in [0.29, 0.717) is 0 Å². The maximum atomic E-state index is 11.9. The van der Waals surface area contributed by atoms with E-state index < -0.39 is 0 Å². The van der Waals surface area contributed by atoms with Crippen LogP contribution in [0.1, 0.15) is 0 Å². The van der Waals surface area contributed by atoms with Crippen LogP contribution in [0.3, 0.4) is 0 Å². The van der Waals surface area contributed by atoms with Gasteiger partial charge in [-0.05, 0) is 18.2 Å². The molecule has 2 aromatic heterocycles. The Morgan fingerprint density at radius 3 is 2.58 bits per heavy atom. The lowest BCUT2D eigenvalue weighted by molar-refractivity contribution is -0.923. The van der Waals surface area contributed by atoms with Crippen LogP contribution >= 0.6 is 0 Å². The summed E-state index contributed by atoms with van der Waals surface area (Å²) in [5, 5.41) is 5.05. The first kappa shape index (κ1) is 14.8. The van der Waals surface area contributed by atoms with Crippen molar-refractivity contribution >= 4 is 16.9 Å². The number of rotatable bonds is 3. The first-order valence-electron chi connectivity index (χ1n) is 8.12. The molecule has 122 valence electrons. The summed E-state index contributed by atoms with van der Waals surface area (Å²) in [6.07, 6.45) is 4.96. The lowest BCUT2D eigenvalue weighted by atomic mass is 10.2. The van der Waals surface area contributed by atoms with E-state index in [9.17, 15) is 4.79 Å².